The van der Waals surface area contributed by atoms with Crippen molar-refractivity contribution in [2.45, 2.75) is 57.4 Å². The summed E-state index contributed by atoms with van der Waals surface area (Å²) in [5.41, 5.74) is 1.74. The predicted octanol–water partition coefficient (Wildman–Crippen LogP) is 5.35. The molecule has 2 aliphatic carbocycles. The van der Waals surface area contributed by atoms with E-state index in [0.717, 1.165) is 22.0 Å². The minimum Gasteiger partial charge on any atom is -0.313 e. The van der Waals surface area contributed by atoms with Crippen LogP contribution in [0, 0.1) is 5.41 Å². The molecule has 2 fully saturated rings. The Morgan fingerprint density at radius 2 is 1.95 bits per heavy atom. The Bertz CT molecular complexity index is 464. The molecule has 2 aliphatic rings. The van der Waals surface area contributed by atoms with Crippen LogP contribution in [-0.4, -0.2) is 12.6 Å². The van der Waals surface area contributed by atoms with Crippen molar-refractivity contribution < 1.29 is 0 Å². The van der Waals surface area contributed by atoms with Crippen LogP contribution in [0.15, 0.2) is 22.7 Å². The lowest BCUT2D eigenvalue weighted by Crippen LogP contribution is -2.38. The first-order valence-electron chi connectivity index (χ1n) is 7.84. The fourth-order valence-electron chi connectivity index (χ4n) is 3.44. The first kappa shape index (κ1) is 14.9. The second kappa shape index (κ2) is 6.37. The van der Waals surface area contributed by atoms with Gasteiger partial charge in [-0.2, -0.15) is 0 Å². The average molecular weight is 357 g/mol. The molecule has 2 saturated carbocycles. The van der Waals surface area contributed by atoms with Crippen LogP contribution in [0.1, 0.15) is 50.5 Å². The summed E-state index contributed by atoms with van der Waals surface area (Å²) in [6.45, 7) is 1.17. The maximum absolute atomic E-state index is 6.44. The smallest absolute Gasteiger partial charge is 0.0449 e. The number of halogens is 2. The molecule has 0 atom stereocenters. The van der Waals surface area contributed by atoms with Crippen LogP contribution in [-0.2, 0) is 6.42 Å². The third-order valence-corrected chi connectivity index (χ3v) is 5.68. The van der Waals surface area contributed by atoms with Gasteiger partial charge >= 0.3 is 0 Å². The van der Waals surface area contributed by atoms with Gasteiger partial charge in [-0.25, -0.2) is 0 Å². The van der Waals surface area contributed by atoms with E-state index in [1.165, 1.54) is 57.1 Å². The highest BCUT2D eigenvalue weighted by Crippen LogP contribution is 2.41. The van der Waals surface area contributed by atoms with Crippen molar-refractivity contribution >= 4 is 27.5 Å². The fraction of sp³-hybridized carbons (Fsp3) is 0.647. The Morgan fingerprint density at radius 3 is 2.60 bits per heavy atom. The number of benzene rings is 1. The average Bonchev–Trinajstić information content (AvgIpc) is 3.25. The molecule has 110 valence electrons. The van der Waals surface area contributed by atoms with Crippen molar-refractivity contribution in [3.05, 3.63) is 33.3 Å². The molecule has 0 bridgehead atoms. The van der Waals surface area contributed by atoms with Crippen molar-refractivity contribution in [2.24, 2.45) is 5.41 Å². The van der Waals surface area contributed by atoms with Gasteiger partial charge in [-0.15, -0.1) is 0 Å². The lowest BCUT2D eigenvalue weighted by molar-refractivity contribution is 0.180. The Hall–Kier alpha value is -0.0500. The Balaban J connectivity index is 1.73. The first-order chi connectivity index (χ1) is 9.67. The van der Waals surface area contributed by atoms with Crippen molar-refractivity contribution in [1.82, 2.24) is 5.32 Å². The highest BCUT2D eigenvalue weighted by atomic mass is 79.9. The van der Waals surface area contributed by atoms with E-state index in [-0.39, 0.29) is 0 Å². The minimum absolute atomic E-state index is 0.429. The van der Waals surface area contributed by atoms with Gasteiger partial charge < -0.3 is 5.32 Å². The van der Waals surface area contributed by atoms with Gasteiger partial charge in [0.25, 0.3) is 0 Å². The van der Waals surface area contributed by atoms with E-state index in [1.807, 2.05) is 6.07 Å². The van der Waals surface area contributed by atoms with Crippen molar-refractivity contribution in [2.75, 3.05) is 6.54 Å². The molecule has 0 spiro atoms. The lowest BCUT2D eigenvalue weighted by Gasteiger charge is -2.38. The summed E-state index contributed by atoms with van der Waals surface area (Å²) in [5.74, 6) is 0. The molecule has 0 saturated heterocycles. The first-order valence-corrected chi connectivity index (χ1v) is 9.01. The van der Waals surface area contributed by atoms with Gasteiger partial charge in [0, 0.05) is 22.1 Å². The molecule has 3 rings (SSSR count). The van der Waals surface area contributed by atoms with Crippen LogP contribution in [0.5, 0.6) is 0 Å². The van der Waals surface area contributed by atoms with Gasteiger partial charge in [-0.1, -0.05) is 52.9 Å². The van der Waals surface area contributed by atoms with Crippen LogP contribution in [0.2, 0.25) is 5.02 Å². The van der Waals surface area contributed by atoms with E-state index in [2.05, 4.69) is 33.4 Å². The normalized spacial score (nSPS) is 21.9. The number of hydrogen-bond acceptors (Lipinski definition) is 1. The number of rotatable bonds is 5. The summed E-state index contributed by atoms with van der Waals surface area (Å²) in [4.78, 5) is 0. The standard InChI is InChI=1S/C17H23BrClN/c18-14-5-4-13(16(19)10-14)11-17(8-2-1-3-9-17)12-20-15-6-7-15/h4-5,10,15,20H,1-3,6-9,11-12H2. The van der Waals surface area contributed by atoms with Crippen molar-refractivity contribution in [3.8, 4) is 0 Å². The maximum atomic E-state index is 6.44. The summed E-state index contributed by atoms with van der Waals surface area (Å²) in [6, 6.07) is 7.14. The molecule has 20 heavy (non-hydrogen) atoms. The summed E-state index contributed by atoms with van der Waals surface area (Å²) in [7, 11) is 0. The van der Waals surface area contributed by atoms with Crippen molar-refractivity contribution in [1.29, 1.82) is 0 Å². The monoisotopic (exact) mass is 355 g/mol. The zero-order valence-corrected chi connectivity index (χ0v) is 14.3. The van der Waals surface area contributed by atoms with E-state index in [0.29, 0.717) is 5.41 Å². The molecular formula is C17H23BrClN. The highest BCUT2D eigenvalue weighted by Gasteiger charge is 2.34. The number of nitrogens with one attached hydrogen (secondary N) is 1. The van der Waals surface area contributed by atoms with E-state index < -0.39 is 0 Å². The Kier molecular flexibility index (Phi) is 4.74. The van der Waals surface area contributed by atoms with Gasteiger partial charge in [0.05, 0.1) is 0 Å². The van der Waals surface area contributed by atoms with Crippen LogP contribution in [0.3, 0.4) is 0 Å². The maximum Gasteiger partial charge on any atom is 0.0449 e. The molecule has 0 heterocycles. The second-order valence-electron chi connectivity index (χ2n) is 6.63. The Morgan fingerprint density at radius 1 is 1.20 bits per heavy atom. The quantitative estimate of drug-likeness (QED) is 0.750. The molecule has 0 unspecified atom stereocenters. The second-order valence-corrected chi connectivity index (χ2v) is 7.95. The van der Waals surface area contributed by atoms with Crippen molar-refractivity contribution in [3.63, 3.8) is 0 Å². The predicted molar refractivity (Wildman–Crippen MR) is 89.4 cm³/mol. The van der Waals surface area contributed by atoms with Crippen LogP contribution in [0.25, 0.3) is 0 Å². The lowest BCUT2D eigenvalue weighted by atomic mass is 9.70. The molecular weight excluding hydrogens is 334 g/mol. The van der Waals surface area contributed by atoms with E-state index in [9.17, 15) is 0 Å². The highest BCUT2D eigenvalue weighted by molar-refractivity contribution is 9.10. The Labute approximate surface area is 135 Å². The largest absolute Gasteiger partial charge is 0.313 e. The van der Waals surface area contributed by atoms with Crippen LogP contribution in [0.4, 0.5) is 0 Å². The molecule has 1 aromatic rings. The summed E-state index contributed by atoms with van der Waals surface area (Å²) in [6.07, 6.45) is 10.7. The molecule has 1 nitrogen and oxygen atoms in total. The van der Waals surface area contributed by atoms with Gasteiger partial charge in [0.1, 0.15) is 0 Å². The molecule has 1 aromatic carbocycles. The number of hydrogen-bond donors (Lipinski definition) is 1. The third kappa shape index (κ3) is 3.78. The molecule has 1 N–H and O–H groups in total. The molecule has 0 aliphatic heterocycles. The molecule has 0 aromatic heterocycles. The minimum atomic E-state index is 0.429. The topological polar surface area (TPSA) is 12.0 Å². The SMILES string of the molecule is Clc1cc(Br)ccc1CC1(CNC2CC2)CCCCC1. The fourth-order valence-corrected chi connectivity index (χ4v) is 4.18. The van der Waals surface area contributed by atoms with Crippen LogP contribution >= 0.6 is 27.5 Å². The summed E-state index contributed by atoms with van der Waals surface area (Å²) < 4.78 is 1.07. The van der Waals surface area contributed by atoms with Crippen LogP contribution < -0.4 is 5.32 Å². The zero-order chi connectivity index (χ0) is 14.0. The summed E-state index contributed by atoms with van der Waals surface area (Å²) in [5, 5.41) is 4.68. The molecule has 0 amide bonds. The van der Waals surface area contributed by atoms with E-state index >= 15 is 0 Å². The van der Waals surface area contributed by atoms with Gasteiger partial charge in [-0.05, 0) is 55.2 Å². The zero-order valence-electron chi connectivity index (χ0n) is 11.9. The van der Waals surface area contributed by atoms with E-state index in [1.54, 1.807) is 0 Å². The van der Waals surface area contributed by atoms with E-state index in [4.69, 9.17) is 11.6 Å². The van der Waals surface area contributed by atoms with Gasteiger partial charge in [0.15, 0.2) is 0 Å². The molecule has 0 radical (unpaired) electrons. The summed E-state index contributed by atoms with van der Waals surface area (Å²) >= 11 is 9.93. The van der Waals surface area contributed by atoms with Gasteiger partial charge in [0.2, 0.25) is 0 Å². The molecule has 3 heteroatoms. The third-order valence-electron chi connectivity index (χ3n) is 4.84. The van der Waals surface area contributed by atoms with Gasteiger partial charge in [-0.3, -0.25) is 0 Å².